The second kappa shape index (κ2) is 5.35. The van der Waals surface area contributed by atoms with E-state index in [1.807, 2.05) is 12.1 Å². The third-order valence-electron chi connectivity index (χ3n) is 3.40. The molecule has 1 fully saturated rings. The summed E-state index contributed by atoms with van der Waals surface area (Å²) in [6.07, 6.45) is 2.87. The Morgan fingerprint density at radius 2 is 2.28 bits per heavy atom. The second-order valence-corrected chi connectivity index (χ2v) is 4.95. The van der Waals surface area contributed by atoms with Gasteiger partial charge in [-0.1, -0.05) is 0 Å². The van der Waals surface area contributed by atoms with E-state index in [-0.39, 0.29) is 5.84 Å². The largest absolute Gasteiger partial charge is 0.384 e. The molecule has 1 aromatic heterocycles. The first-order valence-corrected chi connectivity index (χ1v) is 6.34. The number of rotatable bonds is 2. The van der Waals surface area contributed by atoms with Gasteiger partial charge in [0.25, 0.3) is 0 Å². The van der Waals surface area contributed by atoms with Crippen molar-refractivity contribution in [3.63, 3.8) is 0 Å². The Balaban J connectivity index is 2.32. The van der Waals surface area contributed by atoms with Crippen molar-refractivity contribution in [3.05, 3.63) is 23.9 Å². The van der Waals surface area contributed by atoms with Gasteiger partial charge >= 0.3 is 0 Å². The summed E-state index contributed by atoms with van der Waals surface area (Å²) in [5, 5.41) is 7.66. The first kappa shape index (κ1) is 12.8. The Morgan fingerprint density at radius 1 is 1.50 bits per heavy atom. The zero-order valence-corrected chi connectivity index (χ0v) is 11.1. The lowest BCUT2D eigenvalue weighted by atomic mass is 10.2. The Labute approximate surface area is 108 Å². The number of amidine groups is 1. The minimum atomic E-state index is 0.0860. The quantitative estimate of drug-likeness (QED) is 0.601. The highest BCUT2D eigenvalue weighted by Crippen LogP contribution is 2.21. The maximum absolute atomic E-state index is 7.66. The average Bonchev–Trinajstić information content (AvgIpc) is 2.50. The van der Waals surface area contributed by atoms with Gasteiger partial charge in [0, 0.05) is 25.3 Å². The van der Waals surface area contributed by atoms with Crippen LogP contribution in [0, 0.1) is 5.41 Å². The second-order valence-electron chi connectivity index (χ2n) is 4.95. The molecule has 0 spiro atoms. The number of nitrogen functional groups attached to an aromatic ring is 1. The van der Waals surface area contributed by atoms with Crippen molar-refractivity contribution < 1.29 is 0 Å². The standard InChI is InChI=1S/C13H21N5/c1-10-9-17(2)7-4-8-18(10)13-11(12(14)15)5-3-6-16-13/h3,5-6,10H,4,7-9H2,1-2H3,(H3,14,15). The van der Waals surface area contributed by atoms with Gasteiger partial charge in [-0.25, -0.2) is 4.98 Å². The highest BCUT2D eigenvalue weighted by atomic mass is 15.3. The van der Waals surface area contributed by atoms with Crippen LogP contribution in [0.5, 0.6) is 0 Å². The van der Waals surface area contributed by atoms with Gasteiger partial charge in [-0.3, -0.25) is 5.41 Å². The summed E-state index contributed by atoms with van der Waals surface area (Å²) in [6.45, 7) is 5.26. The van der Waals surface area contributed by atoms with E-state index in [1.165, 1.54) is 0 Å². The summed E-state index contributed by atoms with van der Waals surface area (Å²) in [7, 11) is 2.14. The fourth-order valence-corrected chi connectivity index (χ4v) is 2.52. The van der Waals surface area contributed by atoms with Crippen LogP contribution in [0.4, 0.5) is 5.82 Å². The molecular weight excluding hydrogens is 226 g/mol. The Morgan fingerprint density at radius 3 is 3.00 bits per heavy atom. The number of nitrogens with one attached hydrogen (secondary N) is 1. The van der Waals surface area contributed by atoms with Crippen molar-refractivity contribution in [2.45, 2.75) is 19.4 Å². The zero-order chi connectivity index (χ0) is 13.1. The monoisotopic (exact) mass is 247 g/mol. The highest BCUT2D eigenvalue weighted by molar-refractivity contribution is 5.99. The molecule has 1 saturated heterocycles. The van der Waals surface area contributed by atoms with Crippen molar-refractivity contribution in [2.75, 3.05) is 31.6 Å². The smallest absolute Gasteiger partial charge is 0.139 e. The molecule has 1 unspecified atom stereocenters. The number of anilines is 1. The van der Waals surface area contributed by atoms with E-state index in [0.29, 0.717) is 6.04 Å². The zero-order valence-electron chi connectivity index (χ0n) is 11.1. The molecule has 1 atom stereocenters. The third kappa shape index (κ3) is 2.61. The van der Waals surface area contributed by atoms with Crippen LogP contribution in [0.25, 0.3) is 0 Å². The number of nitrogens with zero attached hydrogens (tertiary/aromatic N) is 3. The molecule has 5 heteroatoms. The SMILES string of the molecule is CC1CN(C)CCCN1c1ncccc1C(=N)N. The van der Waals surface area contributed by atoms with E-state index in [1.54, 1.807) is 6.20 Å². The van der Waals surface area contributed by atoms with Gasteiger partial charge in [0.2, 0.25) is 0 Å². The minimum Gasteiger partial charge on any atom is -0.384 e. The molecule has 0 saturated carbocycles. The van der Waals surface area contributed by atoms with E-state index in [4.69, 9.17) is 11.1 Å². The Kier molecular flexibility index (Phi) is 3.81. The normalized spacial score (nSPS) is 21.7. The molecule has 1 aliphatic heterocycles. The minimum absolute atomic E-state index is 0.0860. The van der Waals surface area contributed by atoms with E-state index >= 15 is 0 Å². The molecule has 18 heavy (non-hydrogen) atoms. The summed E-state index contributed by atoms with van der Waals surface area (Å²) >= 11 is 0. The summed E-state index contributed by atoms with van der Waals surface area (Å²) in [5.74, 6) is 0.927. The molecule has 0 bridgehead atoms. The fraction of sp³-hybridized carbons (Fsp3) is 0.538. The van der Waals surface area contributed by atoms with Crippen LogP contribution in [0.1, 0.15) is 18.9 Å². The molecule has 1 aromatic rings. The number of hydrogen-bond donors (Lipinski definition) is 2. The number of aromatic nitrogens is 1. The molecule has 98 valence electrons. The van der Waals surface area contributed by atoms with E-state index in [9.17, 15) is 0 Å². The predicted molar refractivity (Wildman–Crippen MR) is 74.2 cm³/mol. The first-order chi connectivity index (χ1) is 8.59. The molecule has 0 aromatic carbocycles. The topological polar surface area (TPSA) is 69.2 Å². The van der Waals surface area contributed by atoms with Crippen LogP contribution >= 0.6 is 0 Å². The molecule has 0 radical (unpaired) electrons. The van der Waals surface area contributed by atoms with Crippen LogP contribution in [-0.2, 0) is 0 Å². The van der Waals surface area contributed by atoms with Gasteiger partial charge in [0.1, 0.15) is 11.7 Å². The summed E-state index contributed by atoms with van der Waals surface area (Å²) in [5.41, 5.74) is 6.37. The summed E-state index contributed by atoms with van der Waals surface area (Å²) in [4.78, 5) is 9.03. The highest BCUT2D eigenvalue weighted by Gasteiger charge is 2.23. The van der Waals surface area contributed by atoms with Crippen molar-refractivity contribution in [1.29, 1.82) is 5.41 Å². The molecule has 5 nitrogen and oxygen atoms in total. The average molecular weight is 247 g/mol. The molecule has 3 N–H and O–H groups in total. The van der Waals surface area contributed by atoms with Gasteiger partial charge in [-0.2, -0.15) is 0 Å². The maximum Gasteiger partial charge on any atom is 0.139 e. The fourth-order valence-electron chi connectivity index (χ4n) is 2.52. The van der Waals surface area contributed by atoms with Crippen molar-refractivity contribution in [1.82, 2.24) is 9.88 Å². The van der Waals surface area contributed by atoms with Gasteiger partial charge in [0.05, 0.1) is 5.56 Å². The van der Waals surface area contributed by atoms with Gasteiger partial charge in [-0.05, 0) is 39.1 Å². The first-order valence-electron chi connectivity index (χ1n) is 6.34. The van der Waals surface area contributed by atoms with E-state index < -0.39 is 0 Å². The molecule has 0 aliphatic carbocycles. The van der Waals surface area contributed by atoms with Crippen LogP contribution in [0.15, 0.2) is 18.3 Å². The molecule has 2 heterocycles. The maximum atomic E-state index is 7.66. The number of hydrogen-bond acceptors (Lipinski definition) is 4. The molecule has 2 rings (SSSR count). The molecular formula is C13H21N5. The van der Waals surface area contributed by atoms with Crippen LogP contribution in [-0.4, -0.2) is 48.4 Å². The van der Waals surface area contributed by atoms with E-state index in [2.05, 4.69) is 28.8 Å². The van der Waals surface area contributed by atoms with E-state index in [0.717, 1.165) is 37.4 Å². The molecule has 0 amide bonds. The number of nitrogens with two attached hydrogens (primary N) is 1. The lowest BCUT2D eigenvalue weighted by Gasteiger charge is -2.30. The number of pyridine rings is 1. The van der Waals surface area contributed by atoms with Crippen molar-refractivity contribution in [3.8, 4) is 0 Å². The third-order valence-corrected chi connectivity index (χ3v) is 3.40. The predicted octanol–water partition coefficient (Wildman–Crippen LogP) is 0.896. The van der Waals surface area contributed by atoms with Crippen LogP contribution in [0.3, 0.4) is 0 Å². The van der Waals surface area contributed by atoms with Gasteiger partial charge in [-0.15, -0.1) is 0 Å². The van der Waals surface area contributed by atoms with Gasteiger partial charge in [0.15, 0.2) is 0 Å². The van der Waals surface area contributed by atoms with Crippen molar-refractivity contribution >= 4 is 11.7 Å². The number of likely N-dealkylation sites (N-methyl/N-ethyl adjacent to an activating group) is 1. The van der Waals surface area contributed by atoms with Crippen LogP contribution < -0.4 is 10.6 Å². The Bertz CT molecular complexity index is 431. The summed E-state index contributed by atoms with van der Waals surface area (Å²) in [6, 6.07) is 4.08. The lowest BCUT2D eigenvalue weighted by molar-refractivity contribution is 0.337. The lowest BCUT2D eigenvalue weighted by Crippen LogP contribution is -2.39. The Hall–Kier alpha value is -1.62. The molecule has 1 aliphatic rings. The van der Waals surface area contributed by atoms with Crippen LogP contribution in [0.2, 0.25) is 0 Å². The van der Waals surface area contributed by atoms with Gasteiger partial charge < -0.3 is 15.5 Å². The summed E-state index contributed by atoms with van der Waals surface area (Å²) < 4.78 is 0. The van der Waals surface area contributed by atoms with Crippen molar-refractivity contribution in [2.24, 2.45) is 5.73 Å².